The summed E-state index contributed by atoms with van der Waals surface area (Å²) in [4.78, 5) is 0. The fourth-order valence-corrected chi connectivity index (χ4v) is 22.6. The summed E-state index contributed by atoms with van der Waals surface area (Å²) in [5, 5.41) is 0. The van der Waals surface area contributed by atoms with Crippen molar-refractivity contribution in [3.8, 4) is 11.1 Å². The maximum absolute atomic E-state index is 2.58. The van der Waals surface area contributed by atoms with Crippen molar-refractivity contribution >= 4 is 9.19 Å². The molecule has 0 fully saturated rings. The molecule has 2 aliphatic carbocycles. The first kappa shape index (κ1) is 19.2. The van der Waals surface area contributed by atoms with Gasteiger partial charge in [-0.1, -0.05) is 0 Å². The van der Waals surface area contributed by atoms with E-state index in [2.05, 4.69) is 73.8 Å². The summed E-state index contributed by atoms with van der Waals surface area (Å²) < 4.78 is 3.63. The topological polar surface area (TPSA) is 0 Å². The van der Waals surface area contributed by atoms with E-state index < -0.39 is 26.8 Å². The Balaban J connectivity index is 0.00000104. The molecule has 0 amide bonds. The first-order chi connectivity index (χ1) is 10.8. The molecular weight excluding hydrogens is 398 g/mol. The molecule has 4 rings (SSSR count). The van der Waals surface area contributed by atoms with Crippen LogP contribution in [0.25, 0.3) is 11.1 Å². The van der Waals surface area contributed by atoms with E-state index in [4.69, 9.17) is 0 Å². The molecule has 0 atom stereocenters. The first-order valence-electron chi connectivity index (χ1n) is 8.19. The fraction of sp³-hybridized carbons (Fsp3) is 0.200. The average molecular weight is 419 g/mol. The maximum atomic E-state index is 2.58. The molecule has 24 heavy (non-hydrogen) atoms. The molecule has 0 aliphatic heterocycles. The normalized spacial score (nSPS) is 13.7. The minimum absolute atomic E-state index is 0. The Labute approximate surface area is 151 Å². The van der Waals surface area contributed by atoms with Gasteiger partial charge in [-0.25, -0.2) is 0 Å². The molecule has 0 unspecified atom stereocenters. The Morgan fingerprint density at radius 3 is 2.38 bits per heavy atom. The van der Waals surface area contributed by atoms with E-state index in [9.17, 15) is 0 Å². The Kier molecular flexibility index (Phi) is 6.28. The number of halogens is 2. The van der Waals surface area contributed by atoms with Crippen molar-refractivity contribution in [3.05, 3.63) is 75.1 Å². The average Bonchev–Trinajstić information content (AvgIpc) is 3.15. The molecule has 0 aromatic heterocycles. The number of hydrogen-bond acceptors (Lipinski definition) is 0. The molecule has 0 heterocycles. The van der Waals surface area contributed by atoms with Crippen LogP contribution in [-0.2, 0) is 27.3 Å². The molecule has 123 valence electrons. The molecule has 2 aromatic carbocycles. The fourth-order valence-electron chi connectivity index (χ4n) is 3.91. The van der Waals surface area contributed by atoms with Crippen molar-refractivity contribution in [3.63, 3.8) is 0 Å². The van der Waals surface area contributed by atoms with Gasteiger partial charge in [0.1, 0.15) is 0 Å². The largest absolute Gasteiger partial charge is 1.00 e. The monoisotopic (exact) mass is 417 g/mol. The van der Waals surface area contributed by atoms with Crippen LogP contribution in [-0.4, -0.2) is 5.92 Å². The van der Waals surface area contributed by atoms with Gasteiger partial charge in [-0.15, -0.1) is 0 Å². The summed E-state index contributed by atoms with van der Waals surface area (Å²) in [6.07, 6.45) is 9.47. The number of benzene rings is 2. The number of rotatable bonds is 3. The van der Waals surface area contributed by atoms with Gasteiger partial charge in [-0.2, -0.15) is 0 Å². The summed E-state index contributed by atoms with van der Waals surface area (Å²) in [5.74, 6) is -0.609. The molecule has 2 aromatic rings. The SMILES string of the molecule is C[SiH](C)[Zr+2]([C]1=CC=CC1)[c]1cccc2c1Cc1ccccc1-2.[F-].[F-]. The van der Waals surface area contributed by atoms with Gasteiger partial charge in [0.15, 0.2) is 0 Å². The molecule has 0 saturated heterocycles. The van der Waals surface area contributed by atoms with Crippen LogP contribution < -0.4 is 12.7 Å². The smallest absolute Gasteiger partial charge is 1.00 e. The number of allylic oxidation sites excluding steroid dienone is 4. The predicted molar refractivity (Wildman–Crippen MR) is 95.0 cm³/mol. The van der Waals surface area contributed by atoms with Crippen LogP contribution in [0.5, 0.6) is 0 Å². The van der Waals surface area contributed by atoms with Gasteiger partial charge in [-0.05, 0) is 0 Å². The Morgan fingerprint density at radius 2 is 1.67 bits per heavy atom. The minimum Gasteiger partial charge on any atom is -1.00 e. The quantitative estimate of drug-likeness (QED) is 0.447. The van der Waals surface area contributed by atoms with Crippen LogP contribution in [0.15, 0.2) is 64.0 Å². The van der Waals surface area contributed by atoms with Gasteiger partial charge < -0.3 is 9.41 Å². The van der Waals surface area contributed by atoms with Crippen LogP contribution >= 0.6 is 0 Å². The minimum atomic E-state index is -1.64. The summed E-state index contributed by atoms with van der Waals surface area (Å²) in [7, 11) is 0. The Hall–Kier alpha value is -1.12. The second-order valence-corrected chi connectivity index (χ2v) is 25.7. The molecule has 4 heteroatoms. The van der Waals surface area contributed by atoms with Crippen LogP contribution in [0.2, 0.25) is 13.1 Å². The van der Waals surface area contributed by atoms with E-state index in [0.29, 0.717) is 0 Å². The molecule has 0 nitrogen and oxygen atoms in total. The maximum Gasteiger partial charge on any atom is -1.00 e. The second kappa shape index (κ2) is 7.84. The van der Waals surface area contributed by atoms with Gasteiger partial charge in [-0.3, -0.25) is 0 Å². The van der Waals surface area contributed by atoms with Gasteiger partial charge in [0.2, 0.25) is 0 Å². The van der Waals surface area contributed by atoms with E-state index in [0.717, 1.165) is 6.42 Å². The van der Waals surface area contributed by atoms with Crippen LogP contribution in [0.3, 0.4) is 0 Å². The predicted octanol–water partition coefficient (Wildman–Crippen LogP) is -1.66. The zero-order chi connectivity index (χ0) is 15.1. The van der Waals surface area contributed by atoms with Crippen molar-refractivity contribution in [1.82, 2.24) is 0 Å². The van der Waals surface area contributed by atoms with E-state index >= 15 is 0 Å². The van der Waals surface area contributed by atoms with Crippen molar-refractivity contribution in [2.45, 2.75) is 25.9 Å². The Morgan fingerprint density at radius 1 is 0.917 bits per heavy atom. The number of hydrogen-bond donors (Lipinski definition) is 0. The van der Waals surface area contributed by atoms with Gasteiger partial charge >= 0.3 is 142 Å². The Bertz CT molecular complexity index is 796. The van der Waals surface area contributed by atoms with Crippen LogP contribution in [0.4, 0.5) is 0 Å². The molecule has 0 radical (unpaired) electrons. The third kappa shape index (κ3) is 3.19. The van der Waals surface area contributed by atoms with Crippen molar-refractivity contribution in [2.75, 3.05) is 0 Å². The van der Waals surface area contributed by atoms with Crippen molar-refractivity contribution in [2.24, 2.45) is 0 Å². The zero-order valence-corrected chi connectivity index (χ0v) is 17.6. The van der Waals surface area contributed by atoms with E-state index in [1.807, 2.05) is 3.28 Å². The third-order valence-corrected chi connectivity index (χ3v) is 23.7. The first-order valence-corrected chi connectivity index (χ1v) is 17.8. The second-order valence-electron chi connectivity index (χ2n) is 6.56. The molecule has 0 saturated carbocycles. The van der Waals surface area contributed by atoms with Crippen molar-refractivity contribution < 1.29 is 30.3 Å². The van der Waals surface area contributed by atoms with Crippen LogP contribution in [0.1, 0.15) is 17.5 Å². The van der Waals surface area contributed by atoms with E-state index in [-0.39, 0.29) is 9.41 Å². The molecule has 0 N–H and O–H groups in total. The molecule has 0 bridgehead atoms. The van der Waals surface area contributed by atoms with Crippen LogP contribution in [0, 0.1) is 0 Å². The van der Waals surface area contributed by atoms with Gasteiger partial charge in [0.25, 0.3) is 0 Å². The summed E-state index contributed by atoms with van der Waals surface area (Å²) in [5.41, 5.74) is 6.20. The van der Waals surface area contributed by atoms with Gasteiger partial charge in [0, 0.05) is 0 Å². The third-order valence-electron chi connectivity index (χ3n) is 4.84. The summed E-state index contributed by atoms with van der Waals surface area (Å²) >= 11 is -1.64. The summed E-state index contributed by atoms with van der Waals surface area (Å²) in [6, 6.07) is 16.1. The molecular formula is C20H21F2SiZr. The van der Waals surface area contributed by atoms with E-state index in [1.165, 1.54) is 23.1 Å². The zero-order valence-electron chi connectivity index (χ0n) is 14.0. The van der Waals surface area contributed by atoms with Crippen molar-refractivity contribution in [1.29, 1.82) is 0 Å². The molecule has 0 spiro atoms. The standard InChI is InChI=1S/C13H9.C5H5.C2H7Si.2FH.Zr/c1-3-7-12-10(5-1)9-11-6-2-4-8-13(11)12;1-2-4-5-3-1;1-3-2;;;/h1-5,7-8H,9H2;1-3H,4H2;3H,1-2H3;2*1H;/q;;;;;+2/p-2. The van der Waals surface area contributed by atoms with E-state index in [1.54, 1.807) is 8.83 Å². The summed E-state index contributed by atoms with van der Waals surface area (Å²) in [6.45, 7) is 5.16. The van der Waals surface area contributed by atoms with Gasteiger partial charge in [0.05, 0.1) is 0 Å². The number of fused-ring (bicyclic) bond motifs is 3. The molecule has 2 aliphatic rings.